The summed E-state index contributed by atoms with van der Waals surface area (Å²) < 4.78 is 6.83. The molecule has 22 heavy (non-hydrogen) atoms. The molecule has 0 atom stereocenters. The number of fused-ring (bicyclic) bond motifs is 3. The first-order chi connectivity index (χ1) is 10.6. The first-order valence-corrected chi connectivity index (χ1v) is 8.86. The van der Waals surface area contributed by atoms with Crippen molar-refractivity contribution < 1.29 is 4.58 Å². The molecule has 0 aliphatic carbocycles. The van der Waals surface area contributed by atoms with Gasteiger partial charge in [-0.05, 0) is 39.7 Å². The molecule has 4 heteroatoms. The van der Waals surface area contributed by atoms with E-state index in [0.717, 1.165) is 21.9 Å². The van der Waals surface area contributed by atoms with Gasteiger partial charge in [-0.15, -0.1) is 0 Å². The van der Waals surface area contributed by atoms with Gasteiger partial charge in [-0.3, -0.25) is 0 Å². The van der Waals surface area contributed by atoms with Crippen molar-refractivity contribution in [3.63, 3.8) is 0 Å². The lowest BCUT2D eigenvalue weighted by atomic mass is 10.1. The molecule has 0 saturated heterocycles. The van der Waals surface area contributed by atoms with Crippen molar-refractivity contribution in [3.05, 3.63) is 62.7 Å². The van der Waals surface area contributed by atoms with Gasteiger partial charge in [0.25, 0.3) is 0 Å². The number of benzene rings is 2. The largest absolute Gasteiger partial charge is 0.339 e. The number of para-hydroxylation sites is 1. The number of hydrogen-bond donors (Lipinski definition) is 0. The van der Waals surface area contributed by atoms with Crippen molar-refractivity contribution in [2.45, 2.75) is 6.42 Å². The molecule has 2 aromatic carbocycles. The molecule has 3 aromatic rings. The summed E-state index contributed by atoms with van der Waals surface area (Å²) in [5.74, 6) is 0. The van der Waals surface area contributed by atoms with E-state index in [1.165, 1.54) is 27.8 Å². The summed E-state index contributed by atoms with van der Waals surface area (Å²) >= 11 is 7.20. The molecule has 0 saturated carbocycles. The molecule has 0 radical (unpaired) electrons. The Hall–Kier alpha value is -1.39. The van der Waals surface area contributed by atoms with Crippen molar-refractivity contribution in [1.29, 1.82) is 0 Å². The Kier molecular flexibility index (Phi) is 3.46. The molecule has 4 rings (SSSR count). The third-order valence-electron chi connectivity index (χ3n) is 4.36. The van der Waals surface area contributed by atoms with Crippen molar-refractivity contribution in [1.82, 2.24) is 4.57 Å². The molecule has 0 N–H and O–H groups in total. The van der Waals surface area contributed by atoms with Gasteiger partial charge in [0.2, 0.25) is 5.69 Å². The normalized spacial score (nSPS) is 14.0. The zero-order valence-electron chi connectivity index (χ0n) is 12.2. The van der Waals surface area contributed by atoms with Crippen LogP contribution < -0.4 is 0 Å². The monoisotopic (exact) mass is 417 g/mol. The van der Waals surface area contributed by atoms with E-state index in [4.69, 9.17) is 0 Å². The molecule has 1 aliphatic heterocycles. The second kappa shape index (κ2) is 5.36. The highest BCUT2D eigenvalue weighted by Crippen LogP contribution is 2.32. The highest BCUT2D eigenvalue weighted by Gasteiger charge is 2.25. The lowest BCUT2D eigenvalue weighted by Gasteiger charge is -2.11. The van der Waals surface area contributed by atoms with Crippen LogP contribution in [0.5, 0.6) is 0 Å². The highest BCUT2D eigenvalue weighted by atomic mass is 79.9. The molecule has 1 aromatic heterocycles. The van der Waals surface area contributed by atoms with Crippen LogP contribution in [0, 0.1) is 0 Å². The molecule has 1 aliphatic rings. The van der Waals surface area contributed by atoms with Crippen LogP contribution in [0.4, 0.5) is 5.69 Å². The van der Waals surface area contributed by atoms with E-state index in [-0.39, 0.29) is 0 Å². The maximum atomic E-state index is 3.68. The quantitative estimate of drug-likeness (QED) is 0.490. The maximum absolute atomic E-state index is 3.68. The summed E-state index contributed by atoms with van der Waals surface area (Å²) in [6, 6.07) is 15.0. The third-order valence-corrected chi connectivity index (χ3v) is 5.49. The second-order valence-electron chi connectivity index (χ2n) is 5.61. The van der Waals surface area contributed by atoms with E-state index >= 15 is 0 Å². The molecule has 0 bridgehead atoms. The van der Waals surface area contributed by atoms with Crippen LogP contribution in [0.25, 0.3) is 10.9 Å². The average Bonchev–Trinajstić information content (AvgIpc) is 2.81. The fourth-order valence-corrected chi connectivity index (χ4v) is 4.54. The number of aryl methyl sites for hydroxylation is 1. The predicted octanol–water partition coefficient (Wildman–Crippen LogP) is 5.02. The Labute approximate surface area is 146 Å². The molecule has 110 valence electrons. The van der Waals surface area contributed by atoms with Gasteiger partial charge >= 0.3 is 0 Å². The van der Waals surface area contributed by atoms with E-state index in [9.17, 15) is 0 Å². The van der Waals surface area contributed by atoms with E-state index in [0.29, 0.717) is 0 Å². The number of aromatic nitrogens is 1. The van der Waals surface area contributed by atoms with Gasteiger partial charge in [-0.25, -0.2) is 0 Å². The Bertz CT molecular complexity index is 922. The van der Waals surface area contributed by atoms with Crippen molar-refractivity contribution >= 4 is 54.7 Å². The van der Waals surface area contributed by atoms with Gasteiger partial charge in [-0.2, -0.15) is 4.58 Å². The SMILES string of the molecule is Cn1c2c(c3ccccc31)CC[N+](c1ccc(Br)cc1Br)=C2. The molecule has 0 spiro atoms. The Balaban J connectivity index is 1.91. The lowest BCUT2D eigenvalue weighted by molar-refractivity contribution is -0.437. The number of halogens is 2. The fourth-order valence-electron chi connectivity index (χ4n) is 3.27. The zero-order chi connectivity index (χ0) is 15.3. The Morgan fingerprint density at radius 3 is 2.73 bits per heavy atom. The molecule has 0 unspecified atom stereocenters. The van der Waals surface area contributed by atoms with Crippen LogP contribution in [0.15, 0.2) is 51.4 Å². The van der Waals surface area contributed by atoms with Crippen LogP contribution >= 0.6 is 31.9 Å². The van der Waals surface area contributed by atoms with E-state index in [1.54, 1.807) is 0 Å². The zero-order valence-corrected chi connectivity index (χ0v) is 15.4. The third kappa shape index (κ3) is 2.17. The number of nitrogens with zero attached hydrogens (tertiary/aromatic N) is 2. The lowest BCUT2D eigenvalue weighted by Crippen LogP contribution is -2.20. The highest BCUT2D eigenvalue weighted by molar-refractivity contribution is 9.11. The summed E-state index contributed by atoms with van der Waals surface area (Å²) in [7, 11) is 2.15. The Morgan fingerprint density at radius 2 is 1.91 bits per heavy atom. The van der Waals surface area contributed by atoms with Gasteiger partial charge in [0.15, 0.2) is 12.8 Å². The number of rotatable bonds is 1. The Morgan fingerprint density at radius 1 is 1.09 bits per heavy atom. The smallest absolute Gasteiger partial charge is 0.219 e. The summed E-state index contributed by atoms with van der Waals surface area (Å²) in [5, 5.41) is 1.38. The molecular formula is C18H15Br2N2+. The van der Waals surface area contributed by atoms with Gasteiger partial charge < -0.3 is 4.57 Å². The first-order valence-electron chi connectivity index (χ1n) is 7.28. The van der Waals surface area contributed by atoms with Crippen LogP contribution in [-0.4, -0.2) is 21.9 Å². The van der Waals surface area contributed by atoms with E-state index in [2.05, 4.69) is 96.7 Å². The molecule has 2 nitrogen and oxygen atoms in total. The van der Waals surface area contributed by atoms with E-state index < -0.39 is 0 Å². The van der Waals surface area contributed by atoms with Crippen LogP contribution in [-0.2, 0) is 13.5 Å². The molecule has 0 amide bonds. The van der Waals surface area contributed by atoms with Gasteiger partial charge in [0, 0.05) is 34.9 Å². The standard InChI is InChI=1S/C18H15Br2N2/c1-21-16-5-3-2-4-13(16)14-8-9-22(11-18(14)21)17-7-6-12(19)10-15(17)20/h2-7,10-11H,8-9H2,1H3/q+1. The van der Waals surface area contributed by atoms with E-state index in [1.807, 2.05) is 0 Å². The molecule has 0 fully saturated rings. The van der Waals surface area contributed by atoms with Crippen molar-refractivity contribution in [2.24, 2.45) is 7.05 Å². The predicted molar refractivity (Wildman–Crippen MR) is 98.4 cm³/mol. The number of hydrogen-bond acceptors (Lipinski definition) is 0. The van der Waals surface area contributed by atoms with Crippen molar-refractivity contribution in [3.8, 4) is 0 Å². The minimum atomic E-state index is 1.00. The fraction of sp³-hybridized carbons (Fsp3) is 0.167. The van der Waals surface area contributed by atoms with Crippen LogP contribution in [0.3, 0.4) is 0 Å². The summed E-state index contributed by atoms with van der Waals surface area (Å²) in [6.07, 6.45) is 3.34. The van der Waals surface area contributed by atoms with Gasteiger partial charge in [0.1, 0.15) is 5.69 Å². The molecule has 2 heterocycles. The first kappa shape index (κ1) is 14.2. The van der Waals surface area contributed by atoms with Crippen LogP contribution in [0.1, 0.15) is 11.3 Å². The average molecular weight is 419 g/mol. The van der Waals surface area contributed by atoms with Crippen molar-refractivity contribution in [2.75, 3.05) is 6.54 Å². The topological polar surface area (TPSA) is 7.94 Å². The molecular weight excluding hydrogens is 404 g/mol. The maximum Gasteiger partial charge on any atom is 0.219 e. The summed E-state index contributed by atoms with van der Waals surface area (Å²) in [5.41, 5.74) is 5.28. The minimum Gasteiger partial charge on any atom is -0.339 e. The summed E-state index contributed by atoms with van der Waals surface area (Å²) in [6.45, 7) is 1.00. The van der Waals surface area contributed by atoms with Gasteiger partial charge in [-0.1, -0.05) is 34.1 Å². The second-order valence-corrected chi connectivity index (χ2v) is 7.38. The minimum absolute atomic E-state index is 1.00. The van der Waals surface area contributed by atoms with Gasteiger partial charge in [0.05, 0.1) is 4.47 Å². The van der Waals surface area contributed by atoms with Crippen LogP contribution in [0.2, 0.25) is 0 Å². The summed E-state index contributed by atoms with van der Waals surface area (Å²) in [4.78, 5) is 0.